The minimum atomic E-state index is -0.926. The van der Waals surface area contributed by atoms with Crippen LogP contribution in [-0.2, 0) is 23.5 Å². The van der Waals surface area contributed by atoms with Gasteiger partial charge in [-0.1, -0.05) is 13.0 Å². The van der Waals surface area contributed by atoms with Crippen LogP contribution in [0.5, 0.6) is 0 Å². The first-order valence-corrected chi connectivity index (χ1v) is 5.48. The van der Waals surface area contributed by atoms with Crippen molar-refractivity contribution in [3.05, 3.63) is 34.4 Å². The van der Waals surface area contributed by atoms with Gasteiger partial charge in [-0.15, -0.1) is 11.6 Å². The zero-order valence-electron chi connectivity index (χ0n) is 8.96. The zero-order valence-corrected chi connectivity index (χ0v) is 9.71. The van der Waals surface area contributed by atoms with Crippen molar-refractivity contribution in [3.8, 4) is 6.07 Å². The summed E-state index contributed by atoms with van der Waals surface area (Å²) in [5.41, 5.74) is 2.75. The monoisotopic (exact) mass is 237 g/mol. The standard InChI is InChI=1S/C12H12ClNO2/c1-2-9-3-8(6-13)4-10(7-14)11(9)5-12(15)16/h3-4H,2,5-6H2,1H3,(H,15,16). The average molecular weight is 238 g/mol. The largest absolute Gasteiger partial charge is 0.481 e. The Morgan fingerprint density at radius 3 is 2.69 bits per heavy atom. The smallest absolute Gasteiger partial charge is 0.307 e. The quantitative estimate of drug-likeness (QED) is 0.819. The zero-order chi connectivity index (χ0) is 12.1. The second-order valence-electron chi connectivity index (χ2n) is 3.45. The maximum absolute atomic E-state index is 10.7. The molecule has 0 spiro atoms. The lowest BCUT2D eigenvalue weighted by atomic mass is 9.95. The third-order valence-electron chi connectivity index (χ3n) is 2.39. The molecule has 3 nitrogen and oxygen atoms in total. The lowest BCUT2D eigenvalue weighted by Gasteiger charge is -2.10. The summed E-state index contributed by atoms with van der Waals surface area (Å²) in [6, 6.07) is 5.55. The number of rotatable bonds is 4. The van der Waals surface area contributed by atoms with Crippen molar-refractivity contribution >= 4 is 17.6 Å². The van der Waals surface area contributed by atoms with Crippen LogP contribution in [0.25, 0.3) is 0 Å². The number of carbonyl (C=O) groups is 1. The van der Waals surface area contributed by atoms with Crippen molar-refractivity contribution in [1.29, 1.82) is 5.26 Å². The van der Waals surface area contributed by atoms with Crippen LogP contribution in [-0.4, -0.2) is 11.1 Å². The molecule has 0 radical (unpaired) electrons. The molecular weight excluding hydrogens is 226 g/mol. The molecule has 16 heavy (non-hydrogen) atoms. The van der Waals surface area contributed by atoms with E-state index in [4.69, 9.17) is 22.0 Å². The van der Waals surface area contributed by atoms with Gasteiger partial charge in [0, 0.05) is 5.88 Å². The van der Waals surface area contributed by atoms with Crippen molar-refractivity contribution in [2.75, 3.05) is 0 Å². The summed E-state index contributed by atoms with van der Waals surface area (Å²) in [5, 5.41) is 17.8. The molecule has 1 aromatic rings. The Morgan fingerprint density at radius 1 is 1.56 bits per heavy atom. The van der Waals surface area contributed by atoms with Gasteiger partial charge < -0.3 is 5.11 Å². The van der Waals surface area contributed by atoms with Crippen molar-refractivity contribution in [2.24, 2.45) is 0 Å². The van der Waals surface area contributed by atoms with Crippen molar-refractivity contribution in [3.63, 3.8) is 0 Å². The Bertz CT molecular complexity index is 449. The van der Waals surface area contributed by atoms with Gasteiger partial charge in [0.25, 0.3) is 0 Å². The number of nitrogens with zero attached hydrogens (tertiary/aromatic N) is 1. The van der Waals surface area contributed by atoms with E-state index < -0.39 is 5.97 Å². The number of aryl methyl sites for hydroxylation is 1. The second kappa shape index (κ2) is 5.53. The number of hydrogen-bond donors (Lipinski definition) is 1. The van der Waals surface area contributed by atoms with Crippen LogP contribution in [0, 0.1) is 11.3 Å². The third kappa shape index (κ3) is 2.74. The first-order valence-electron chi connectivity index (χ1n) is 4.94. The van der Waals surface area contributed by atoms with Crippen molar-refractivity contribution in [1.82, 2.24) is 0 Å². The van der Waals surface area contributed by atoms with Gasteiger partial charge in [0.2, 0.25) is 0 Å². The molecule has 0 fully saturated rings. The highest BCUT2D eigenvalue weighted by molar-refractivity contribution is 6.17. The first kappa shape index (κ1) is 12.5. The van der Waals surface area contributed by atoms with Crippen LogP contribution in [0.1, 0.15) is 29.2 Å². The number of alkyl halides is 1. The fourth-order valence-corrected chi connectivity index (χ4v) is 1.80. The van der Waals surface area contributed by atoms with Crippen LogP contribution in [0.2, 0.25) is 0 Å². The van der Waals surface area contributed by atoms with Crippen LogP contribution in [0.4, 0.5) is 0 Å². The Morgan fingerprint density at radius 2 is 2.25 bits per heavy atom. The summed E-state index contributed by atoms with van der Waals surface area (Å²) in [4.78, 5) is 10.7. The van der Waals surface area contributed by atoms with E-state index in [0.717, 1.165) is 11.1 Å². The Labute approximate surface area is 99.3 Å². The van der Waals surface area contributed by atoms with E-state index in [1.165, 1.54) is 0 Å². The molecule has 0 saturated heterocycles. The minimum absolute atomic E-state index is 0.116. The molecular formula is C12H12ClNO2. The highest BCUT2D eigenvalue weighted by Gasteiger charge is 2.12. The Kier molecular flexibility index (Phi) is 4.33. The molecule has 0 heterocycles. The Hall–Kier alpha value is -1.53. The van der Waals surface area contributed by atoms with Gasteiger partial charge >= 0.3 is 5.97 Å². The second-order valence-corrected chi connectivity index (χ2v) is 3.72. The van der Waals surface area contributed by atoms with Crippen LogP contribution in [0.3, 0.4) is 0 Å². The lowest BCUT2D eigenvalue weighted by Crippen LogP contribution is -2.06. The van der Waals surface area contributed by atoms with Gasteiger partial charge in [-0.2, -0.15) is 5.26 Å². The predicted molar refractivity (Wildman–Crippen MR) is 61.4 cm³/mol. The molecule has 4 heteroatoms. The van der Waals surface area contributed by atoms with Crippen LogP contribution >= 0.6 is 11.6 Å². The van der Waals surface area contributed by atoms with E-state index in [9.17, 15) is 4.79 Å². The van der Waals surface area contributed by atoms with E-state index in [2.05, 4.69) is 0 Å². The van der Waals surface area contributed by atoms with E-state index in [0.29, 0.717) is 23.4 Å². The highest BCUT2D eigenvalue weighted by atomic mass is 35.5. The maximum atomic E-state index is 10.7. The number of carboxylic acids is 1. The van der Waals surface area contributed by atoms with Gasteiger partial charge in [0.05, 0.1) is 18.1 Å². The summed E-state index contributed by atoms with van der Waals surface area (Å²) in [6.07, 6.45) is 0.580. The number of halogens is 1. The van der Waals surface area contributed by atoms with E-state index in [1.54, 1.807) is 6.07 Å². The van der Waals surface area contributed by atoms with E-state index >= 15 is 0 Å². The third-order valence-corrected chi connectivity index (χ3v) is 2.69. The number of aliphatic carboxylic acids is 1. The van der Waals surface area contributed by atoms with E-state index in [-0.39, 0.29) is 6.42 Å². The molecule has 0 unspecified atom stereocenters. The average Bonchev–Trinajstić information content (AvgIpc) is 2.28. The molecule has 0 bridgehead atoms. The van der Waals surface area contributed by atoms with Crippen molar-refractivity contribution in [2.45, 2.75) is 25.6 Å². The maximum Gasteiger partial charge on any atom is 0.307 e. The van der Waals surface area contributed by atoms with Crippen LogP contribution < -0.4 is 0 Å². The lowest BCUT2D eigenvalue weighted by molar-refractivity contribution is -0.136. The highest BCUT2D eigenvalue weighted by Crippen LogP contribution is 2.20. The van der Waals surface area contributed by atoms with Crippen molar-refractivity contribution < 1.29 is 9.90 Å². The van der Waals surface area contributed by atoms with Gasteiger partial charge in [-0.05, 0) is 29.2 Å². The topological polar surface area (TPSA) is 61.1 Å². The SMILES string of the molecule is CCc1cc(CCl)cc(C#N)c1CC(=O)O. The minimum Gasteiger partial charge on any atom is -0.481 e. The molecule has 1 N–H and O–H groups in total. The first-order chi connectivity index (χ1) is 7.62. The fraction of sp³-hybridized carbons (Fsp3) is 0.333. The molecule has 0 atom stereocenters. The Balaban J connectivity index is 3.32. The molecule has 84 valence electrons. The number of nitriles is 1. The summed E-state index contributed by atoms with van der Waals surface area (Å²) < 4.78 is 0. The van der Waals surface area contributed by atoms with E-state index in [1.807, 2.05) is 19.1 Å². The summed E-state index contributed by atoms with van der Waals surface area (Å²) >= 11 is 5.72. The summed E-state index contributed by atoms with van der Waals surface area (Å²) in [5.74, 6) is -0.598. The molecule has 0 aliphatic heterocycles. The molecule has 0 amide bonds. The molecule has 0 aliphatic carbocycles. The van der Waals surface area contributed by atoms with Gasteiger partial charge in [0.15, 0.2) is 0 Å². The summed E-state index contributed by atoms with van der Waals surface area (Å²) in [6.45, 7) is 1.93. The van der Waals surface area contributed by atoms with Gasteiger partial charge in [0.1, 0.15) is 0 Å². The molecule has 0 aromatic heterocycles. The van der Waals surface area contributed by atoms with Gasteiger partial charge in [-0.3, -0.25) is 4.79 Å². The number of carboxylic acid groups (broad SMARTS) is 1. The van der Waals surface area contributed by atoms with Crippen LogP contribution in [0.15, 0.2) is 12.1 Å². The molecule has 0 aliphatic rings. The predicted octanol–water partition coefficient (Wildman–Crippen LogP) is 2.49. The molecule has 1 rings (SSSR count). The van der Waals surface area contributed by atoms with Gasteiger partial charge in [-0.25, -0.2) is 0 Å². The normalized spacial score (nSPS) is 9.81. The number of benzene rings is 1. The molecule has 0 saturated carbocycles. The number of hydrogen-bond acceptors (Lipinski definition) is 2. The summed E-state index contributed by atoms with van der Waals surface area (Å²) in [7, 11) is 0. The fourth-order valence-electron chi connectivity index (χ4n) is 1.65. The molecule has 1 aromatic carbocycles.